The van der Waals surface area contributed by atoms with Crippen molar-refractivity contribution in [3.63, 3.8) is 0 Å². The van der Waals surface area contributed by atoms with Gasteiger partial charge in [0.05, 0.1) is 6.26 Å². The molecule has 1 unspecified atom stereocenters. The van der Waals surface area contributed by atoms with Crippen molar-refractivity contribution in [2.45, 2.75) is 17.9 Å². The molecule has 1 aliphatic heterocycles. The molecule has 2 N–H and O–H groups in total. The minimum Gasteiger partial charge on any atom is -0.452 e. The van der Waals surface area contributed by atoms with E-state index in [0.717, 1.165) is 25.9 Å². The number of hydrogen-bond donors (Lipinski definition) is 2. The second-order valence-electron chi connectivity index (χ2n) is 3.98. The number of rotatable bonds is 5. The Bertz CT molecular complexity index is 413. The summed E-state index contributed by atoms with van der Waals surface area (Å²) in [7, 11) is -3.45. The standard InChI is InChI=1S/C10H16N2O3S.ClH/c13-16(14,10-2-1-7-15-10)12-6-4-9-3-5-11-8-9;/h1-2,7,9,11-12H,3-6,8H2;1H. The number of nitrogens with one attached hydrogen (secondary N) is 2. The Morgan fingerprint density at radius 1 is 1.53 bits per heavy atom. The van der Waals surface area contributed by atoms with Gasteiger partial charge in [-0.05, 0) is 44.0 Å². The van der Waals surface area contributed by atoms with Gasteiger partial charge in [-0.3, -0.25) is 0 Å². The van der Waals surface area contributed by atoms with Crippen LogP contribution in [0.2, 0.25) is 0 Å². The topological polar surface area (TPSA) is 71.3 Å². The van der Waals surface area contributed by atoms with Gasteiger partial charge in [-0.15, -0.1) is 12.4 Å². The lowest BCUT2D eigenvalue weighted by molar-refractivity contribution is 0.443. The molecular formula is C10H17ClN2O3S. The summed E-state index contributed by atoms with van der Waals surface area (Å²) in [5.41, 5.74) is 0. The molecule has 1 atom stereocenters. The van der Waals surface area contributed by atoms with Gasteiger partial charge >= 0.3 is 0 Å². The molecule has 1 saturated heterocycles. The summed E-state index contributed by atoms with van der Waals surface area (Å²) in [5, 5.41) is 3.24. The molecule has 17 heavy (non-hydrogen) atoms. The number of halogens is 1. The lowest BCUT2D eigenvalue weighted by Gasteiger charge is -2.08. The highest BCUT2D eigenvalue weighted by Crippen LogP contribution is 2.12. The van der Waals surface area contributed by atoms with Crippen molar-refractivity contribution in [3.8, 4) is 0 Å². The van der Waals surface area contributed by atoms with E-state index in [1.165, 1.54) is 12.3 Å². The molecule has 0 saturated carbocycles. The van der Waals surface area contributed by atoms with Crippen molar-refractivity contribution in [2.75, 3.05) is 19.6 Å². The molecule has 0 aromatic carbocycles. The largest absolute Gasteiger partial charge is 0.452 e. The second-order valence-corrected chi connectivity index (χ2v) is 5.68. The summed E-state index contributed by atoms with van der Waals surface area (Å²) in [6, 6.07) is 3.01. The predicted octanol–water partition coefficient (Wildman–Crippen LogP) is 0.979. The van der Waals surface area contributed by atoms with E-state index in [-0.39, 0.29) is 17.5 Å². The highest BCUT2D eigenvalue weighted by Gasteiger charge is 2.18. The molecule has 2 heterocycles. The van der Waals surface area contributed by atoms with E-state index in [4.69, 9.17) is 4.42 Å². The van der Waals surface area contributed by atoms with Gasteiger partial charge < -0.3 is 9.73 Å². The second kappa shape index (κ2) is 6.39. The molecule has 0 amide bonds. The lowest BCUT2D eigenvalue weighted by atomic mass is 10.1. The number of hydrogen-bond acceptors (Lipinski definition) is 4. The van der Waals surface area contributed by atoms with E-state index in [1.807, 2.05) is 0 Å². The summed E-state index contributed by atoms with van der Waals surface area (Å²) >= 11 is 0. The number of sulfonamides is 1. The van der Waals surface area contributed by atoms with Crippen molar-refractivity contribution >= 4 is 22.4 Å². The Labute approximate surface area is 107 Å². The van der Waals surface area contributed by atoms with Gasteiger partial charge in [-0.1, -0.05) is 0 Å². The molecule has 0 spiro atoms. The monoisotopic (exact) mass is 280 g/mol. The van der Waals surface area contributed by atoms with Gasteiger partial charge in [0.2, 0.25) is 5.09 Å². The zero-order chi connectivity index (χ0) is 11.4. The summed E-state index contributed by atoms with van der Waals surface area (Å²) in [5.74, 6) is 0.583. The van der Waals surface area contributed by atoms with Gasteiger partial charge in [0.1, 0.15) is 0 Å². The first kappa shape index (κ1) is 14.5. The highest BCUT2D eigenvalue weighted by molar-refractivity contribution is 7.89. The van der Waals surface area contributed by atoms with Gasteiger partial charge in [0.15, 0.2) is 0 Å². The minimum atomic E-state index is -3.45. The summed E-state index contributed by atoms with van der Waals surface area (Å²) in [6.07, 6.45) is 3.35. The molecule has 7 heteroatoms. The van der Waals surface area contributed by atoms with E-state index < -0.39 is 10.0 Å². The maximum Gasteiger partial charge on any atom is 0.273 e. The van der Waals surface area contributed by atoms with Crippen molar-refractivity contribution in [1.82, 2.24) is 10.0 Å². The molecule has 1 aromatic heterocycles. The quantitative estimate of drug-likeness (QED) is 0.843. The fraction of sp³-hybridized carbons (Fsp3) is 0.600. The average Bonchev–Trinajstić information content (AvgIpc) is 2.90. The third-order valence-electron chi connectivity index (χ3n) is 2.77. The maximum absolute atomic E-state index is 11.6. The van der Waals surface area contributed by atoms with Gasteiger partial charge in [-0.2, -0.15) is 0 Å². The van der Waals surface area contributed by atoms with Crippen LogP contribution in [0.4, 0.5) is 0 Å². The summed E-state index contributed by atoms with van der Waals surface area (Å²) in [4.78, 5) is 0. The van der Waals surface area contributed by atoms with Crippen LogP contribution < -0.4 is 10.0 Å². The van der Waals surface area contributed by atoms with E-state index >= 15 is 0 Å². The molecule has 5 nitrogen and oxygen atoms in total. The minimum absolute atomic E-state index is 0. The number of furan rings is 1. The third-order valence-corrected chi connectivity index (χ3v) is 4.11. The fourth-order valence-electron chi connectivity index (χ4n) is 1.85. The van der Waals surface area contributed by atoms with Crippen molar-refractivity contribution in [1.29, 1.82) is 0 Å². The Morgan fingerprint density at radius 2 is 2.35 bits per heavy atom. The van der Waals surface area contributed by atoms with Gasteiger partial charge in [0.25, 0.3) is 10.0 Å². The first-order valence-electron chi connectivity index (χ1n) is 5.42. The van der Waals surface area contributed by atoms with Crippen LogP contribution in [0.25, 0.3) is 0 Å². The molecule has 0 aliphatic carbocycles. The normalized spacial score (nSPS) is 20.1. The SMILES string of the molecule is Cl.O=S(=O)(NCCC1CCNC1)c1ccco1. The van der Waals surface area contributed by atoms with Crippen LogP contribution in [0.5, 0.6) is 0 Å². The van der Waals surface area contributed by atoms with Crippen molar-refractivity contribution in [3.05, 3.63) is 18.4 Å². The van der Waals surface area contributed by atoms with E-state index in [1.54, 1.807) is 6.07 Å². The fourth-order valence-corrected chi connectivity index (χ4v) is 2.81. The molecule has 1 fully saturated rings. The van der Waals surface area contributed by atoms with E-state index in [2.05, 4.69) is 10.0 Å². The molecule has 1 aromatic rings. The van der Waals surface area contributed by atoms with Crippen LogP contribution >= 0.6 is 12.4 Å². The van der Waals surface area contributed by atoms with E-state index in [9.17, 15) is 8.42 Å². The van der Waals surface area contributed by atoms with E-state index in [0.29, 0.717) is 12.5 Å². The molecule has 2 rings (SSSR count). The average molecular weight is 281 g/mol. The highest BCUT2D eigenvalue weighted by atomic mass is 35.5. The predicted molar refractivity (Wildman–Crippen MR) is 66.7 cm³/mol. The Hall–Kier alpha value is -0.560. The molecule has 0 radical (unpaired) electrons. The third kappa shape index (κ3) is 3.99. The smallest absolute Gasteiger partial charge is 0.273 e. The van der Waals surface area contributed by atoms with Crippen LogP contribution in [0.3, 0.4) is 0 Å². The first-order valence-corrected chi connectivity index (χ1v) is 6.91. The summed E-state index contributed by atoms with van der Waals surface area (Å²) in [6.45, 7) is 2.49. The molecular weight excluding hydrogens is 264 g/mol. The van der Waals surface area contributed by atoms with Crippen molar-refractivity contribution in [2.24, 2.45) is 5.92 Å². The van der Waals surface area contributed by atoms with Gasteiger partial charge in [-0.25, -0.2) is 13.1 Å². The van der Waals surface area contributed by atoms with Crippen molar-refractivity contribution < 1.29 is 12.8 Å². The Morgan fingerprint density at radius 3 is 2.94 bits per heavy atom. The zero-order valence-electron chi connectivity index (χ0n) is 9.39. The van der Waals surface area contributed by atoms with Crippen LogP contribution in [-0.4, -0.2) is 28.1 Å². The van der Waals surface area contributed by atoms with Crippen LogP contribution in [-0.2, 0) is 10.0 Å². The molecule has 0 bridgehead atoms. The van der Waals surface area contributed by atoms with Crippen LogP contribution in [0.15, 0.2) is 27.9 Å². The first-order chi connectivity index (χ1) is 7.68. The zero-order valence-corrected chi connectivity index (χ0v) is 11.0. The van der Waals surface area contributed by atoms with Gasteiger partial charge in [0, 0.05) is 6.54 Å². The summed E-state index contributed by atoms with van der Waals surface area (Å²) < 4.78 is 30.7. The van der Waals surface area contributed by atoms with Crippen LogP contribution in [0.1, 0.15) is 12.8 Å². The lowest BCUT2D eigenvalue weighted by Crippen LogP contribution is -2.26. The molecule has 1 aliphatic rings. The van der Waals surface area contributed by atoms with Crippen LogP contribution in [0, 0.1) is 5.92 Å². The maximum atomic E-state index is 11.6. The molecule has 98 valence electrons. The Balaban J connectivity index is 0.00000144. The Kier molecular flexibility index (Phi) is 5.45.